The zero-order chi connectivity index (χ0) is 19.4. The van der Waals surface area contributed by atoms with Crippen LogP contribution >= 0.6 is 0 Å². The first-order chi connectivity index (χ1) is 12.9. The summed E-state index contributed by atoms with van der Waals surface area (Å²) < 4.78 is 47.0. The topological polar surface area (TPSA) is 100 Å². The number of nitrogens with one attached hydrogen (secondary N) is 3. The number of rotatable bonds is 6. The molecular weight excluding hydrogens is 365 g/mol. The van der Waals surface area contributed by atoms with Gasteiger partial charge in [-0.1, -0.05) is 18.2 Å². The fourth-order valence-electron chi connectivity index (χ4n) is 2.75. The van der Waals surface area contributed by atoms with Gasteiger partial charge in [0.15, 0.2) is 0 Å². The second-order valence-electron chi connectivity index (χ2n) is 5.96. The molecule has 1 aromatic carbocycles. The predicted octanol–water partition coefficient (Wildman–Crippen LogP) is 2.46. The Bertz CT molecular complexity index is 876. The molecule has 2 aromatic rings. The second kappa shape index (κ2) is 7.78. The van der Waals surface area contributed by atoms with E-state index < -0.39 is 11.9 Å². The molecule has 0 radical (unpaired) electrons. The Morgan fingerprint density at radius 1 is 1.41 bits per heavy atom. The first kappa shape index (κ1) is 18.9. The van der Waals surface area contributed by atoms with Crippen molar-refractivity contribution in [2.75, 3.05) is 18.5 Å². The predicted molar refractivity (Wildman–Crippen MR) is 91.5 cm³/mol. The lowest BCUT2D eigenvalue weighted by atomic mass is 10.1. The van der Waals surface area contributed by atoms with Crippen LogP contribution in [0.1, 0.15) is 23.4 Å². The van der Waals surface area contributed by atoms with Crippen LogP contribution in [0.5, 0.6) is 5.75 Å². The minimum atomic E-state index is -4.82. The van der Waals surface area contributed by atoms with Crippen molar-refractivity contribution in [2.24, 2.45) is 0 Å². The summed E-state index contributed by atoms with van der Waals surface area (Å²) in [5.74, 6) is 0.00110. The molecule has 0 saturated carbocycles. The van der Waals surface area contributed by atoms with E-state index in [4.69, 9.17) is 10.1 Å². The molecule has 0 spiro atoms. The monoisotopic (exact) mass is 382 g/mol. The summed E-state index contributed by atoms with van der Waals surface area (Å²) in [4.78, 5) is 19.0. The molecule has 1 aliphatic rings. The molecule has 27 heavy (non-hydrogen) atoms. The van der Waals surface area contributed by atoms with Crippen LogP contribution in [0.15, 0.2) is 29.1 Å². The van der Waals surface area contributed by atoms with E-state index in [1.165, 1.54) is 18.2 Å². The van der Waals surface area contributed by atoms with Gasteiger partial charge in [-0.2, -0.15) is 0 Å². The Hall–Kier alpha value is -2.88. The van der Waals surface area contributed by atoms with Gasteiger partial charge in [0.05, 0.1) is 18.2 Å². The zero-order valence-corrected chi connectivity index (χ0v) is 14.1. The molecule has 10 heteroatoms. The third-order valence-corrected chi connectivity index (χ3v) is 3.98. The third-order valence-electron chi connectivity index (χ3n) is 3.98. The fraction of sp³-hybridized carbons (Fsp3) is 0.353. The van der Waals surface area contributed by atoms with Crippen molar-refractivity contribution in [1.29, 1.82) is 5.41 Å². The molecule has 1 atom stereocenters. The Kier molecular flexibility index (Phi) is 5.45. The SMILES string of the molecule is N=Cc1c(NC2CCOC2)nc(Cc2ccccc2OC(F)(F)F)[nH]c1=O. The van der Waals surface area contributed by atoms with Crippen LogP contribution in [0.3, 0.4) is 0 Å². The number of alkyl halides is 3. The molecule has 144 valence electrons. The molecule has 0 bridgehead atoms. The first-order valence-corrected chi connectivity index (χ1v) is 8.17. The zero-order valence-electron chi connectivity index (χ0n) is 14.1. The minimum absolute atomic E-state index is 0.0467. The summed E-state index contributed by atoms with van der Waals surface area (Å²) in [6.07, 6.45) is -3.29. The number of nitrogens with zero attached hydrogens (tertiary/aromatic N) is 1. The standard InChI is InChI=1S/C17H17F3N4O3/c18-17(19,20)27-13-4-2-1-3-10(13)7-14-23-15(12(8-21)16(25)24-14)22-11-5-6-26-9-11/h1-4,8,11,21H,5-7,9H2,(H2,22,23,24,25). The summed E-state index contributed by atoms with van der Waals surface area (Å²) in [6.45, 7) is 1.03. The number of H-pyrrole nitrogens is 1. The van der Waals surface area contributed by atoms with Gasteiger partial charge in [0.25, 0.3) is 5.56 Å². The molecule has 3 N–H and O–H groups in total. The maximum Gasteiger partial charge on any atom is 0.573 e. The van der Waals surface area contributed by atoms with Crippen LogP contribution in [0, 0.1) is 5.41 Å². The number of halogens is 3. The van der Waals surface area contributed by atoms with Gasteiger partial charge in [-0.05, 0) is 12.5 Å². The van der Waals surface area contributed by atoms with Gasteiger partial charge in [-0.3, -0.25) is 4.79 Å². The molecule has 1 saturated heterocycles. The third kappa shape index (κ3) is 4.85. The van der Waals surface area contributed by atoms with Gasteiger partial charge in [-0.15, -0.1) is 13.2 Å². The molecule has 1 unspecified atom stereocenters. The molecule has 1 fully saturated rings. The maximum atomic E-state index is 12.6. The van der Waals surface area contributed by atoms with Gasteiger partial charge in [0, 0.05) is 24.8 Å². The minimum Gasteiger partial charge on any atom is -0.405 e. The van der Waals surface area contributed by atoms with Gasteiger partial charge >= 0.3 is 6.36 Å². The van der Waals surface area contributed by atoms with Crippen LogP contribution in [-0.2, 0) is 11.2 Å². The highest BCUT2D eigenvalue weighted by Crippen LogP contribution is 2.27. The molecule has 3 rings (SSSR count). The largest absolute Gasteiger partial charge is 0.573 e. The van der Waals surface area contributed by atoms with Crippen LogP contribution in [-0.4, -0.2) is 41.8 Å². The van der Waals surface area contributed by atoms with Crippen molar-refractivity contribution in [3.63, 3.8) is 0 Å². The smallest absolute Gasteiger partial charge is 0.405 e. The number of aromatic amines is 1. The van der Waals surface area contributed by atoms with Crippen LogP contribution in [0.4, 0.5) is 19.0 Å². The fourth-order valence-corrected chi connectivity index (χ4v) is 2.75. The molecule has 2 heterocycles. The quantitative estimate of drug-likeness (QED) is 0.667. The summed E-state index contributed by atoms with van der Waals surface area (Å²) in [5, 5.41) is 10.5. The van der Waals surface area contributed by atoms with Crippen molar-refractivity contribution < 1.29 is 22.6 Å². The van der Waals surface area contributed by atoms with E-state index in [-0.39, 0.29) is 41.0 Å². The lowest BCUT2D eigenvalue weighted by Gasteiger charge is -2.15. The van der Waals surface area contributed by atoms with Gasteiger partial charge in [-0.25, -0.2) is 4.98 Å². The van der Waals surface area contributed by atoms with Crippen molar-refractivity contribution in [3.8, 4) is 5.75 Å². The van der Waals surface area contributed by atoms with Crippen LogP contribution < -0.4 is 15.6 Å². The summed E-state index contributed by atoms with van der Waals surface area (Å²) >= 11 is 0. The number of ether oxygens (including phenoxy) is 2. The molecule has 0 amide bonds. The summed E-state index contributed by atoms with van der Waals surface area (Å²) in [7, 11) is 0. The number of aromatic nitrogens is 2. The normalized spacial score (nSPS) is 16.9. The van der Waals surface area contributed by atoms with Gasteiger partial charge < -0.3 is 25.2 Å². The highest BCUT2D eigenvalue weighted by molar-refractivity contribution is 5.83. The maximum absolute atomic E-state index is 12.6. The number of anilines is 1. The van der Waals surface area contributed by atoms with Crippen molar-refractivity contribution in [1.82, 2.24) is 9.97 Å². The second-order valence-corrected chi connectivity index (χ2v) is 5.96. The highest BCUT2D eigenvalue weighted by Gasteiger charge is 2.32. The number of hydrogen-bond donors (Lipinski definition) is 3. The van der Waals surface area contributed by atoms with E-state index >= 15 is 0 Å². The first-order valence-electron chi connectivity index (χ1n) is 8.17. The lowest BCUT2D eigenvalue weighted by molar-refractivity contribution is -0.274. The van der Waals surface area contributed by atoms with Crippen LogP contribution in [0.25, 0.3) is 0 Å². The lowest BCUT2D eigenvalue weighted by Crippen LogP contribution is -2.26. The summed E-state index contributed by atoms with van der Waals surface area (Å²) in [6, 6.07) is 5.60. The number of hydrogen-bond acceptors (Lipinski definition) is 6. The average Bonchev–Trinajstić information content (AvgIpc) is 3.08. The molecular formula is C17H17F3N4O3. The Morgan fingerprint density at radius 2 is 2.19 bits per heavy atom. The van der Waals surface area contributed by atoms with E-state index in [2.05, 4.69) is 20.0 Å². The van der Waals surface area contributed by atoms with E-state index in [9.17, 15) is 18.0 Å². The Balaban J connectivity index is 1.90. The van der Waals surface area contributed by atoms with Crippen molar-refractivity contribution in [3.05, 3.63) is 51.6 Å². The van der Waals surface area contributed by atoms with E-state index in [1.807, 2.05) is 0 Å². The van der Waals surface area contributed by atoms with Gasteiger partial charge in [0.1, 0.15) is 17.4 Å². The molecule has 1 aromatic heterocycles. The number of benzene rings is 1. The highest BCUT2D eigenvalue weighted by atomic mass is 19.4. The molecule has 7 nitrogen and oxygen atoms in total. The van der Waals surface area contributed by atoms with E-state index in [0.717, 1.165) is 12.6 Å². The van der Waals surface area contributed by atoms with Crippen LogP contribution in [0.2, 0.25) is 0 Å². The number of para-hydroxylation sites is 1. The Morgan fingerprint density at radius 3 is 2.85 bits per heavy atom. The van der Waals surface area contributed by atoms with E-state index in [1.54, 1.807) is 6.07 Å². The molecule has 0 aliphatic carbocycles. The average molecular weight is 382 g/mol. The van der Waals surface area contributed by atoms with E-state index in [0.29, 0.717) is 13.2 Å². The van der Waals surface area contributed by atoms with Crippen molar-refractivity contribution >= 4 is 12.0 Å². The van der Waals surface area contributed by atoms with Gasteiger partial charge in [0.2, 0.25) is 0 Å². The Labute approximate surface area is 152 Å². The molecule has 1 aliphatic heterocycles. The summed E-state index contributed by atoms with van der Waals surface area (Å²) in [5.41, 5.74) is -0.285. The van der Waals surface area contributed by atoms with Crippen molar-refractivity contribution in [2.45, 2.75) is 25.2 Å².